The van der Waals surface area contributed by atoms with E-state index in [-0.39, 0.29) is 0 Å². The molecule has 0 aliphatic rings. The van der Waals surface area contributed by atoms with Gasteiger partial charge in [0.05, 0.1) is 12.2 Å². The average Bonchev–Trinajstić information content (AvgIpc) is 2.84. The number of benzene rings is 1. The molecule has 0 unspecified atom stereocenters. The van der Waals surface area contributed by atoms with Gasteiger partial charge in [0.25, 0.3) is 0 Å². The maximum atomic E-state index is 5.95. The number of aromatic nitrogens is 1. The monoisotopic (exact) mass is 288 g/mol. The first kappa shape index (κ1) is 15.4. The molecule has 2 rings (SSSR count). The summed E-state index contributed by atoms with van der Waals surface area (Å²) in [5.74, 6) is 2.71. The zero-order valence-corrected chi connectivity index (χ0v) is 13.1. The van der Waals surface area contributed by atoms with Crippen molar-refractivity contribution < 1.29 is 9.26 Å². The molecule has 114 valence electrons. The quantitative estimate of drug-likeness (QED) is 0.825. The van der Waals surface area contributed by atoms with Crippen molar-refractivity contribution in [3.05, 3.63) is 30.0 Å². The fraction of sp³-hybridized carbons (Fsp3) is 0.471. The summed E-state index contributed by atoms with van der Waals surface area (Å²) in [6.45, 7) is 7.13. The van der Waals surface area contributed by atoms with Crippen LogP contribution in [0.4, 0.5) is 5.82 Å². The number of nitrogen functional groups attached to an aromatic ring is 1. The highest BCUT2D eigenvalue weighted by molar-refractivity contribution is 5.75. The van der Waals surface area contributed by atoms with Gasteiger partial charge in [0, 0.05) is 6.42 Å². The smallest absolute Gasteiger partial charge is 0.175 e. The maximum absolute atomic E-state index is 5.95. The summed E-state index contributed by atoms with van der Waals surface area (Å²) < 4.78 is 11.0. The first-order valence-electron chi connectivity index (χ1n) is 7.59. The molecule has 0 radical (unpaired) electrons. The maximum Gasteiger partial charge on any atom is 0.175 e. The Balaban J connectivity index is 2.16. The first-order chi connectivity index (χ1) is 10.1. The van der Waals surface area contributed by atoms with E-state index >= 15 is 0 Å². The van der Waals surface area contributed by atoms with Crippen molar-refractivity contribution in [2.45, 2.75) is 40.0 Å². The Labute approximate surface area is 126 Å². The van der Waals surface area contributed by atoms with Crippen LogP contribution in [0.1, 0.15) is 39.4 Å². The zero-order valence-electron chi connectivity index (χ0n) is 13.1. The normalized spacial score (nSPS) is 11.0. The highest BCUT2D eigenvalue weighted by Crippen LogP contribution is 2.31. The third-order valence-electron chi connectivity index (χ3n) is 3.27. The van der Waals surface area contributed by atoms with Crippen molar-refractivity contribution in [3.8, 4) is 16.9 Å². The molecule has 0 saturated carbocycles. The lowest BCUT2D eigenvalue weighted by Crippen LogP contribution is -2.04. The van der Waals surface area contributed by atoms with Crippen molar-refractivity contribution in [1.29, 1.82) is 0 Å². The number of nitrogens with two attached hydrogens (primary N) is 1. The molecule has 1 aromatic carbocycles. The lowest BCUT2D eigenvalue weighted by atomic mass is 10.0. The van der Waals surface area contributed by atoms with Crippen molar-refractivity contribution in [2.75, 3.05) is 12.3 Å². The molecule has 21 heavy (non-hydrogen) atoms. The molecule has 0 saturated heterocycles. The molecule has 0 amide bonds. The van der Waals surface area contributed by atoms with Crippen molar-refractivity contribution in [3.63, 3.8) is 0 Å². The van der Waals surface area contributed by atoms with Crippen LogP contribution in [0.15, 0.2) is 28.8 Å². The molecule has 0 bridgehead atoms. The van der Waals surface area contributed by atoms with Gasteiger partial charge < -0.3 is 15.0 Å². The van der Waals surface area contributed by atoms with Crippen LogP contribution in [0.25, 0.3) is 11.1 Å². The third-order valence-corrected chi connectivity index (χ3v) is 3.27. The van der Waals surface area contributed by atoms with E-state index in [1.807, 2.05) is 24.3 Å². The van der Waals surface area contributed by atoms with Crippen LogP contribution in [0.3, 0.4) is 0 Å². The van der Waals surface area contributed by atoms with Crippen molar-refractivity contribution in [1.82, 2.24) is 5.16 Å². The Kier molecular flexibility index (Phi) is 5.26. The Morgan fingerprint density at radius 2 is 1.95 bits per heavy atom. The number of aryl methyl sites for hydroxylation is 1. The van der Waals surface area contributed by atoms with Gasteiger partial charge in [0.1, 0.15) is 11.5 Å². The number of ether oxygens (including phenoxy) is 1. The number of unbranched alkanes of at least 4 members (excludes halogenated alkanes) is 1. The summed E-state index contributed by atoms with van der Waals surface area (Å²) in [6, 6.07) is 7.95. The predicted molar refractivity (Wildman–Crippen MR) is 85.3 cm³/mol. The summed E-state index contributed by atoms with van der Waals surface area (Å²) in [4.78, 5) is 0. The molecule has 2 N–H and O–H groups in total. The summed E-state index contributed by atoms with van der Waals surface area (Å²) in [6.07, 6.45) is 3.04. The van der Waals surface area contributed by atoms with E-state index in [1.165, 1.54) is 0 Å². The molecule has 4 heteroatoms. The summed E-state index contributed by atoms with van der Waals surface area (Å²) in [5.41, 5.74) is 7.89. The second kappa shape index (κ2) is 7.16. The Morgan fingerprint density at radius 1 is 1.24 bits per heavy atom. The highest BCUT2D eigenvalue weighted by Gasteiger charge is 2.15. The van der Waals surface area contributed by atoms with Crippen LogP contribution in [-0.2, 0) is 6.42 Å². The Hall–Kier alpha value is -1.97. The minimum atomic E-state index is 0.456. The molecule has 4 nitrogen and oxygen atoms in total. The largest absolute Gasteiger partial charge is 0.493 e. The molecule has 0 spiro atoms. The molecule has 1 aromatic heterocycles. The molecular formula is C17H24N2O2. The van der Waals surface area contributed by atoms with E-state index in [0.29, 0.717) is 11.7 Å². The molecule has 0 aliphatic carbocycles. The summed E-state index contributed by atoms with van der Waals surface area (Å²) >= 11 is 0. The number of hydrogen-bond acceptors (Lipinski definition) is 4. The third kappa shape index (κ3) is 4.00. The first-order valence-corrected chi connectivity index (χ1v) is 7.59. The molecule has 0 aliphatic heterocycles. The molecule has 1 heterocycles. The van der Waals surface area contributed by atoms with Crippen LogP contribution < -0.4 is 10.5 Å². The number of nitrogens with zero attached hydrogens (tertiary/aromatic N) is 1. The topological polar surface area (TPSA) is 61.3 Å². The standard InChI is InChI=1S/C17H24N2O2/c1-4-5-6-15-16(17(18)19-21-15)13-7-9-14(10-8-13)20-11-12(2)3/h7-10,12H,4-6,11H2,1-3H3,(H2,18,19). The van der Waals surface area contributed by atoms with Gasteiger partial charge in [-0.15, -0.1) is 0 Å². The van der Waals surface area contributed by atoms with Crippen LogP contribution >= 0.6 is 0 Å². The minimum Gasteiger partial charge on any atom is -0.493 e. The van der Waals surface area contributed by atoms with E-state index < -0.39 is 0 Å². The van der Waals surface area contributed by atoms with Gasteiger partial charge >= 0.3 is 0 Å². The van der Waals surface area contributed by atoms with Crippen LogP contribution in [-0.4, -0.2) is 11.8 Å². The molecule has 2 aromatic rings. The van der Waals surface area contributed by atoms with Gasteiger partial charge in [-0.25, -0.2) is 0 Å². The Morgan fingerprint density at radius 3 is 2.57 bits per heavy atom. The number of hydrogen-bond donors (Lipinski definition) is 1. The zero-order chi connectivity index (χ0) is 15.2. The van der Waals surface area contributed by atoms with Gasteiger partial charge in [0.15, 0.2) is 5.82 Å². The molecular weight excluding hydrogens is 264 g/mol. The summed E-state index contributed by atoms with van der Waals surface area (Å²) in [7, 11) is 0. The number of anilines is 1. The van der Waals surface area contributed by atoms with Gasteiger partial charge in [-0.05, 0) is 30.0 Å². The van der Waals surface area contributed by atoms with Gasteiger partial charge in [-0.2, -0.15) is 0 Å². The Bertz CT molecular complexity index is 559. The van der Waals surface area contributed by atoms with Gasteiger partial charge in [-0.1, -0.05) is 44.5 Å². The van der Waals surface area contributed by atoms with Gasteiger partial charge in [0.2, 0.25) is 0 Å². The van der Waals surface area contributed by atoms with E-state index in [2.05, 4.69) is 25.9 Å². The fourth-order valence-electron chi connectivity index (χ4n) is 2.14. The predicted octanol–water partition coefficient (Wildman–Crippen LogP) is 4.30. The highest BCUT2D eigenvalue weighted by atomic mass is 16.5. The fourth-order valence-corrected chi connectivity index (χ4v) is 2.14. The molecule has 0 atom stereocenters. The minimum absolute atomic E-state index is 0.456. The second-order valence-corrected chi connectivity index (χ2v) is 5.70. The second-order valence-electron chi connectivity index (χ2n) is 5.70. The number of rotatable bonds is 7. The summed E-state index contributed by atoms with van der Waals surface area (Å²) in [5, 5.41) is 3.90. The lowest BCUT2D eigenvalue weighted by molar-refractivity contribution is 0.271. The van der Waals surface area contributed by atoms with E-state index in [1.54, 1.807) is 0 Å². The van der Waals surface area contributed by atoms with Crippen LogP contribution in [0, 0.1) is 5.92 Å². The van der Waals surface area contributed by atoms with E-state index in [9.17, 15) is 0 Å². The lowest BCUT2D eigenvalue weighted by Gasteiger charge is -2.09. The van der Waals surface area contributed by atoms with Crippen molar-refractivity contribution >= 4 is 5.82 Å². The molecule has 0 fully saturated rings. The van der Waals surface area contributed by atoms with E-state index in [4.69, 9.17) is 15.0 Å². The van der Waals surface area contributed by atoms with Crippen molar-refractivity contribution in [2.24, 2.45) is 5.92 Å². The average molecular weight is 288 g/mol. The van der Waals surface area contributed by atoms with Crippen LogP contribution in [0.5, 0.6) is 5.75 Å². The van der Waals surface area contributed by atoms with E-state index in [0.717, 1.165) is 48.5 Å². The van der Waals surface area contributed by atoms with Gasteiger partial charge in [-0.3, -0.25) is 0 Å². The SMILES string of the molecule is CCCCc1onc(N)c1-c1ccc(OCC(C)C)cc1. The van der Waals surface area contributed by atoms with Crippen LogP contribution in [0.2, 0.25) is 0 Å².